The molecular weight excluding hydrogens is 496 g/mol. The Bertz CT molecular complexity index is 1120. The van der Waals surface area contributed by atoms with Gasteiger partial charge in [-0.15, -0.1) is 0 Å². The van der Waals surface area contributed by atoms with Gasteiger partial charge in [-0.25, -0.2) is 0 Å². The highest BCUT2D eigenvalue weighted by atomic mass is 16.6. The second-order valence-corrected chi connectivity index (χ2v) is 11.8. The van der Waals surface area contributed by atoms with E-state index in [1.54, 1.807) is 13.0 Å². The number of aliphatic hydroxyl groups is 2. The van der Waals surface area contributed by atoms with Crippen molar-refractivity contribution in [1.29, 1.82) is 0 Å². The number of fused-ring (bicyclic) bond motifs is 5. The summed E-state index contributed by atoms with van der Waals surface area (Å²) in [5.41, 5.74) is -3.93. The van der Waals surface area contributed by atoms with Crippen LogP contribution in [0.4, 0.5) is 0 Å². The zero-order valence-electron chi connectivity index (χ0n) is 23.0. The zero-order chi connectivity index (χ0) is 28.4. The minimum Gasteiger partial charge on any atom is -0.465 e. The van der Waals surface area contributed by atoms with Gasteiger partial charge in [0.1, 0.15) is 24.4 Å². The van der Waals surface area contributed by atoms with Gasteiger partial charge in [0.25, 0.3) is 0 Å². The van der Waals surface area contributed by atoms with Crippen LogP contribution in [0.15, 0.2) is 23.3 Å². The smallest absolute Gasteiger partial charge is 0.303 e. The standard InChI is InChI=1S/C28H38O10/c1-14-8-22-26(33,24(14)37-18(5)31)11-20(12-35-16(3)29)9-21-23-25(7,13-36-17(4)30)27(23,38-19(6)32)10-15(2)28(21,22)34/h8-9,15,21-24,33-34H,10-13H2,1-7H3. The molecule has 9 atom stereocenters. The van der Waals surface area contributed by atoms with E-state index in [2.05, 4.69) is 0 Å². The van der Waals surface area contributed by atoms with Gasteiger partial charge < -0.3 is 29.2 Å². The van der Waals surface area contributed by atoms with E-state index in [-0.39, 0.29) is 26.1 Å². The van der Waals surface area contributed by atoms with Crippen LogP contribution >= 0.6 is 0 Å². The molecule has 10 nitrogen and oxygen atoms in total. The molecule has 0 heterocycles. The van der Waals surface area contributed by atoms with Crippen LogP contribution in [0.2, 0.25) is 0 Å². The van der Waals surface area contributed by atoms with E-state index in [0.717, 1.165) is 0 Å². The summed E-state index contributed by atoms with van der Waals surface area (Å²) in [6.45, 7) is 10.5. The van der Waals surface area contributed by atoms with Crippen molar-refractivity contribution < 1.29 is 48.3 Å². The molecule has 0 aromatic carbocycles. The molecule has 0 saturated heterocycles. The molecule has 0 radical (unpaired) electrons. The van der Waals surface area contributed by atoms with Crippen molar-refractivity contribution in [2.75, 3.05) is 13.2 Å². The number of ether oxygens (including phenoxy) is 4. The summed E-state index contributed by atoms with van der Waals surface area (Å²) in [5.74, 6) is -4.52. The minimum absolute atomic E-state index is 0.0176. The largest absolute Gasteiger partial charge is 0.465 e. The van der Waals surface area contributed by atoms with Crippen LogP contribution in [-0.2, 0) is 38.1 Å². The molecule has 4 aliphatic rings. The second-order valence-electron chi connectivity index (χ2n) is 11.8. The van der Waals surface area contributed by atoms with Crippen molar-refractivity contribution in [2.45, 2.75) is 84.2 Å². The molecule has 210 valence electrons. The van der Waals surface area contributed by atoms with E-state index < -0.39 is 75.9 Å². The third-order valence-corrected chi connectivity index (χ3v) is 9.27. The Labute approximate surface area is 222 Å². The lowest BCUT2D eigenvalue weighted by atomic mass is 9.60. The third-order valence-electron chi connectivity index (χ3n) is 9.27. The van der Waals surface area contributed by atoms with Gasteiger partial charge in [-0.05, 0) is 30.4 Å². The van der Waals surface area contributed by atoms with E-state index in [9.17, 15) is 29.4 Å². The monoisotopic (exact) mass is 534 g/mol. The van der Waals surface area contributed by atoms with Crippen LogP contribution in [0, 0.1) is 29.1 Å². The maximum atomic E-state index is 12.6. The van der Waals surface area contributed by atoms with Crippen LogP contribution in [0.25, 0.3) is 0 Å². The molecule has 10 heteroatoms. The zero-order valence-corrected chi connectivity index (χ0v) is 23.0. The molecule has 4 aliphatic carbocycles. The highest BCUT2D eigenvalue weighted by Gasteiger charge is 2.85. The van der Waals surface area contributed by atoms with Gasteiger partial charge >= 0.3 is 23.9 Å². The summed E-state index contributed by atoms with van der Waals surface area (Å²) in [6, 6.07) is 0. The average molecular weight is 535 g/mol. The molecule has 2 N–H and O–H groups in total. The summed E-state index contributed by atoms with van der Waals surface area (Å²) >= 11 is 0. The van der Waals surface area contributed by atoms with E-state index >= 15 is 0 Å². The molecule has 38 heavy (non-hydrogen) atoms. The van der Waals surface area contributed by atoms with Gasteiger partial charge in [0.05, 0.1) is 5.60 Å². The minimum atomic E-state index is -1.71. The number of hydrogen-bond acceptors (Lipinski definition) is 10. The lowest BCUT2D eigenvalue weighted by Gasteiger charge is -2.51. The molecule has 2 fully saturated rings. The van der Waals surface area contributed by atoms with Crippen LogP contribution in [0.1, 0.15) is 61.3 Å². The highest BCUT2D eigenvalue weighted by Crippen LogP contribution is 2.77. The van der Waals surface area contributed by atoms with Gasteiger partial charge in [-0.2, -0.15) is 0 Å². The van der Waals surface area contributed by atoms with Gasteiger partial charge in [-0.3, -0.25) is 19.2 Å². The van der Waals surface area contributed by atoms with Gasteiger partial charge in [0, 0.05) is 57.3 Å². The Morgan fingerprint density at radius 2 is 1.61 bits per heavy atom. The first-order valence-electron chi connectivity index (χ1n) is 13.0. The molecule has 4 rings (SSSR count). The van der Waals surface area contributed by atoms with Crippen molar-refractivity contribution in [1.82, 2.24) is 0 Å². The number of carbonyl (C=O) groups is 4. The van der Waals surface area contributed by atoms with Gasteiger partial charge in [-0.1, -0.05) is 26.0 Å². The Morgan fingerprint density at radius 3 is 2.16 bits per heavy atom. The van der Waals surface area contributed by atoms with Crippen molar-refractivity contribution in [3.8, 4) is 0 Å². The normalized spacial score (nSPS) is 42.7. The molecule has 0 aromatic rings. The van der Waals surface area contributed by atoms with Crippen LogP contribution in [0.3, 0.4) is 0 Å². The lowest BCUT2D eigenvalue weighted by molar-refractivity contribution is -0.202. The predicted molar refractivity (Wildman–Crippen MR) is 132 cm³/mol. The lowest BCUT2D eigenvalue weighted by Crippen LogP contribution is -2.62. The topological polar surface area (TPSA) is 146 Å². The number of esters is 4. The first-order chi connectivity index (χ1) is 17.5. The Balaban J connectivity index is 1.88. The van der Waals surface area contributed by atoms with E-state index in [1.165, 1.54) is 27.7 Å². The third kappa shape index (κ3) is 4.07. The van der Waals surface area contributed by atoms with Crippen molar-refractivity contribution in [3.05, 3.63) is 23.3 Å². The van der Waals surface area contributed by atoms with Crippen LogP contribution in [0.5, 0.6) is 0 Å². The molecule has 2 saturated carbocycles. The summed E-state index contributed by atoms with van der Waals surface area (Å²) in [4.78, 5) is 47.7. The molecule has 9 unspecified atom stereocenters. The number of hydrogen-bond donors (Lipinski definition) is 2. The van der Waals surface area contributed by atoms with Crippen molar-refractivity contribution >= 4 is 23.9 Å². The summed E-state index contributed by atoms with van der Waals surface area (Å²) in [7, 11) is 0. The van der Waals surface area contributed by atoms with Gasteiger partial charge in [0.15, 0.2) is 6.10 Å². The van der Waals surface area contributed by atoms with E-state index in [0.29, 0.717) is 11.1 Å². The molecule has 0 aromatic heterocycles. The fourth-order valence-electron chi connectivity index (χ4n) is 7.83. The fraction of sp³-hybridized carbons (Fsp3) is 0.714. The average Bonchev–Trinajstić information content (AvgIpc) is 3.22. The van der Waals surface area contributed by atoms with Gasteiger partial charge in [0.2, 0.25) is 0 Å². The molecule has 0 aliphatic heterocycles. The molecular formula is C28H38O10. The summed E-state index contributed by atoms with van der Waals surface area (Å²) in [6.07, 6.45) is 2.82. The SMILES string of the molecule is CC(=O)OCC1=CC2C3C(C)(COC(C)=O)C3(OC(C)=O)CC(C)C2(O)C2C=C(C)C(OC(C)=O)C2(O)C1. The molecule has 0 amide bonds. The maximum Gasteiger partial charge on any atom is 0.303 e. The molecule has 0 bridgehead atoms. The quantitative estimate of drug-likeness (QED) is 0.295. The molecule has 0 spiro atoms. The first-order valence-corrected chi connectivity index (χ1v) is 13.0. The second kappa shape index (κ2) is 9.19. The predicted octanol–water partition coefficient (Wildman–Crippen LogP) is 2.01. The Morgan fingerprint density at radius 1 is 0.974 bits per heavy atom. The summed E-state index contributed by atoms with van der Waals surface area (Å²) in [5, 5.41) is 24.9. The fourth-order valence-corrected chi connectivity index (χ4v) is 7.83. The van der Waals surface area contributed by atoms with Crippen LogP contribution < -0.4 is 0 Å². The van der Waals surface area contributed by atoms with E-state index in [1.807, 2.05) is 19.9 Å². The van der Waals surface area contributed by atoms with Crippen molar-refractivity contribution in [3.63, 3.8) is 0 Å². The number of rotatable bonds is 6. The van der Waals surface area contributed by atoms with E-state index in [4.69, 9.17) is 18.9 Å². The highest BCUT2D eigenvalue weighted by molar-refractivity contribution is 5.69. The number of carbonyl (C=O) groups excluding carboxylic acids is 4. The van der Waals surface area contributed by atoms with Crippen molar-refractivity contribution in [2.24, 2.45) is 29.1 Å². The van der Waals surface area contributed by atoms with Crippen LogP contribution in [-0.4, -0.2) is 70.2 Å². The Kier molecular flexibility index (Phi) is 6.84. The Hall–Kier alpha value is -2.72. The maximum absolute atomic E-state index is 12.6. The first kappa shape index (κ1) is 28.3. The summed E-state index contributed by atoms with van der Waals surface area (Å²) < 4.78 is 22.3.